The molecule has 0 aromatic carbocycles. The lowest BCUT2D eigenvalue weighted by Crippen LogP contribution is -2.16. The zero-order valence-corrected chi connectivity index (χ0v) is 16.1. The van der Waals surface area contributed by atoms with Crippen LogP contribution in [0.15, 0.2) is 40.4 Å². The second-order valence-electron chi connectivity index (χ2n) is 6.95. The van der Waals surface area contributed by atoms with Crippen molar-refractivity contribution in [1.82, 2.24) is 24.5 Å². The van der Waals surface area contributed by atoms with Crippen LogP contribution in [0, 0.1) is 0 Å². The molecular weight excluding hydrogens is 352 g/mol. The molecule has 3 aromatic heterocycles. The molecular formula is C17H22N6O2S. The highest BCUT2D eigenvalue weighted by atomic mass is 32.2. The van der Waals surface area contributed by atoms with Gasteiger partial charge < -0.3 is 14.3 Å². The molecule has 1 N–H and O–H groups in total. The highest BCUT2D eigenvalue weighted by Gasteiger charge is 2.20. The van der Waals surface area contributed by atoms with Crippen LogP contribution >= 0.6 is 11.8 Å². The number of rotatable bonds is 6. The Hall–Kier alpha value is -2.55. The summed E-state index contributed by atoms with van der Waals surface area (Å²) in [6.45, 7) is 6.79. The minimum atomic E-state index is -0.119. The Morgan fingerprint density at radius 3 is 2.85 bits per heavy atom. The van der Waals surface area contributed by atoms with Crippen molar-refractivity contribution in [2.45, 2.75) is 37.9 Å². The van der Waals surface area contributed by atoms with Crippen molar-refractivity contribution in [1.29, 1.82) is 0 Å². The van der Waals surface area contributed by atoms with Gasteiger partial charge in [0.25, 0.3) is 0 Å². The van der Waals surface area contributed by atoms with Crippen LogP contribution in [0.5, 0.6) is 0 Å². The van der Waals surface area contributed by atoms with E-state index in [9.17, 15) is 4.79 Å². The Kier molecular flexibility index (Phi) is 5.17. The van der Waals surface area contributed by atoms with E-state index in [1.54, 1.807) is 17.3 Å². The summed E-state index contributed by atoms with van der Waals surface area (Å²) in [6.07, 6.45) is 3.25. The molecule has 0 saturated carbocycles. The Morgan fingerprint density at radius 1 is 1.38 bits per heavy atom. The smallest absolute Gasteiger partial charge is 0.235 e. The molecule has 3 heterocycles. The topological polar surface area (TPSA) is 90.8 Å². The van der Waals surface area contributed by atoms with E-state index in [1.165, 1.54) is 11.8 Å². The lowest BCUT2D eigenvalue weighted by Gasteiger charge is -2.13. The van der Waals surface area contributed by atoms with Gasteiger partial charge in [-0.2, -0.15) is 5.10 Å². The van der Waals surface area contributed by atoms with Crippen LogP contribution < -0.4 is 5.32 Å². The first-order valence-electron chi connectivity index (χ1n) is 8.20. The van der Waals surface area contributed by atoms with Gasteiger partial charge in [-0.05, 0) is 12.1 Å². The summed E-state index contributed by atoms with van der Waals surface area (Å²) in [7, 11) is 1.82. The largest absolute Gasteiger partial charge is 0.467 e. The zero-order chi connectivity index (χ0) is 18.7. The number of hydrogen-bond acceptors (Lipinski definition) is 6. The summed E-state index contributed by atoms with van der Waals surface area (Å²) in [5.74, 6) is 1.59. The Morgan fingerprint density at radius 2 is 2.19 bits per heavy atom. The molecule has 0 aliphatic carbocycles. The van der Waals surface area contributed by atoms with Crippen molar-refractivity contribution in [2.24, 2.45) is 7.05 Å². The first kappa shape index (κ1) is 18.2. The molecule has 0 unspecified atom stereocenters. The van der Waals surface area contributed by atoms with Gasteiger partial charge in [0.05, 0.1) is 24.3 Å². The van der Waals surface area contributed by atoms with Gasteiger partial charge in [-0.15, -0.1) is 10.2 Å². The maximum atomic E-state index is 12.3. The fraction of sp³-hybridized carbons (Fsp3) is 0.412. The van der Waals surface area contributed by atoms with E-state index in [0.29, 0.717) is 17.5 Å². The number of carbonyl (C=O) groups is 1. The molecule has 9 heteroatoms. The Balaban J connectivity index is 1.58. The molecule has 0 aliphatic rings. The Labute approximate surface area is 156 Å². The van der Waals surface area contributed by atoms with Crippen molar-refractivity contribution in [3.05, 3.63) is 42.2 Å². The highest BCUT2D eigenvalue weighted by Crippen LogP contribution is 2.24. The molecule has 3 aromatic rings. The fourth-order valence-electron chi connectivity index (χ4n) is 2.29. The lowest BCUT2D eigenvalue weighted by atomic mass is 9.92. The number of aryl methyl sites for hydroxylation is 1. The summed E-state index contributed by atoms with van der Waals surface area (Å²) in [5, 5.41) is 16.0. The third-order valence-electron chi connectivity index (χ3n) is 3.73. The normalized spacial score (nSPS) is 11.7. The van der Waals surface area contributed by atoms with E-state index in [1.807, 2.05) is 29.8 Å². The number of aromatic nitrogens is 5. The summed E-state index contributed by atoms with van der Waals surface area (Å²) < 4.78 is 8.86. The van der Waals surface area contributed by atoms with Crippen LogP contribution in [0.25, 0.3) is 0 Å². The molecule has 26 heavy (non-hydrogen) atoms. The van der Waals surface area contributed by atoms with E-state index in [-0.39, 0.29) is 17.1 Å². The van der Waals surface area contributed by atoms with Crippen molar-refractivity contribution in [2.75, 3.05) is 11.1 Å². The molecule has 3 rings (SSSR count). The monoisotopic (exact) mass is 374 g/mol. The molecule has 0 aliphatic heterocycles. The maximum absolute atomic E-state index is 12.3. The number of nitrogens with zero attached hydrogens (tertiary/aromatic N) is 5. The molecule has 0 atom stereocenters. The van der Waals surface area contributed by atoms with E-state index >= 15 is 0 Å². The van der Waals surface area contributed by atoms with E-state index < -0.39 is 0 Å². The maximum Gasteiger partial charge on any atom is 0.235 e. The minimum Gasteiger partial charge on any atom is -0.467 e. The van der Waals surface area contributed by atoms with Crippen molar-refractivity contribution in [3.8, 4) is 0 Å². The van der Waals surface area contributed by atoms with E-state index in [2.05, 4.69) is 41.4 Å². The van der Waals surface area contributed by atoms with Gasteiger partial charge in [0, 0.05) is 18.5 Å². The predicted molar refractivity (Wildman–Crippen MR) is 99.1 cm³/mol. The standard InChI is InChI=1S/C17H22N6O2S/c1-17(2,3)13-8-14(22(4)21-13)19-15(24)10-26-16-20-18-11-23(16)9-12-6-5-7-25-12/h5-8,11H,9-10H2,1-4H3,(H,19,24). The van der Waals surface area contributed by atoms with Gasteiger partial charge in [0.1, 0.15) is 17.9 Å². The second kappa shape index (κ2) is 7.36. The van der Waals surface area contributed by atoms with E-state index in [0.717, 1.165) is 11.5 Å². The predicted octanol–water partition coefficient (Wildman–Crippen LogP) is 2.68. The number of carbonyl (C=O) groups excluding carboxylic acids is 1. The summed E-state index contributed by atoms with van der Waals surface area (Å²) >= 11 is 1.33. The number of nitrogens with one attached hydrogen (secondary N) is 1. The van der Waals surface area contributed by atoms with Crippen molar-refractivity contribution >= 4 is 23.5 Å². The van der Waals surface area contributed by atoms with Gasteiger partial charge in [0.2, 0.25) is 5.91 Å². The number of hydrogen-bond donors (Lipinski definition) is 1. The van der Waals surface area contributed by atoms with Crippen LogP contribution in [-0.2, 0) is 23.8 Å². The van der Waals surface area contributed by atoms with Crippen LogP contribution in [0.1, 0.15) is 32.2 Å². The van der Waals surface area contributed by atoms with Crippen molar-refractivity contribution < 1.29 is 9.21 Å². The quantitative estimate of drug-likeness (QED) is 0.667. The van der Waals surface area contributed by atoms with E-state index in [4.69, 9.17) is 4.42 Å². The first-order valence-corrected chi connectivity index (χ1v) is 9.19. The molecule has 0 bridgehead atoms. The molecule has 0 spiro atoms. The summed E-state index contributed by atoms with van der Waals surface area (Å²) in [6, 6.07) is 5.62. The van der Waals surface area contributed by atoms with Gasteiger partial charge >= 0.3 is 0 Å². The summed E-state index contributed by atoms with van der Waals surface area (Å²) in [4.78, 5) is 12.3. The zero-order valence-electron chi connectivity index (χ0n) is 15.3. The first-order chi connectivity index (χ1) is 12.3. The number of anilines is 1. The third-order valence-corrected chi connectivity index (χ3v) is 4.72. The molecule has 1 amide bonds. The number of amides is 1. The number of thioether (sulfide) groups is 1. The average molecular weight is 374 g/mol. The summed E-state index contributed by atoms with van der Waals surface area (Å²) in [5.41, 5.74) is 0.860. The van der Waals surface area contributed by atoms with Gasteiger partial charge in [-0.25, -0.2) is 0 Å². The van der Waals surface area contributed by atoms with Crippen LogP contribution in [0.4, 0.5) is 5.82 Å². The van der Waals surface area contributed by atoms with Crippen molar-refractivity contribution in [3.63, 3.8) is 0 Å². The lowest BCUT2D eigenvalue weighted by molar-refractivity contribution is -0.113. The fourth-order valence-corrected chi connectivity index (χ4v) is 3.01. The highest BCUT2D eigenvalue weighted by molar-refractivity contribution is 7.99. The SMILES string of the molecule is Cn1nc(C(C)(C)C)cc1NC(=O)CSc1nncn1Cc1ccco1. The van der Waals surface area contributed by atoms with Crippen LogP contribution in [-0.4, -0.2) is 36.2 Å². The molecule has 138 valence electrons. The van der Waals surface area contributed by atoms with Gasteiger partial charge in [-0.3, -0.25) is 9.48 Å². The minimum absolute atomic E-state index is 0.0717. The third kappa shape index (κ3) is 4.34. The van der Waals surface area contributed by atoms with Gasteiger partial charge in [-0.1, -0.05) is 32.5 Å². The molecule has 0 saturated heterocycles. The number of furan rings is 1. The molecule has 8 nitrogen and oxygen atoms in total. The molecule has 0 fully saturated rings. The van der Waals surface area contributed by atoms with Gasteiger partial charge in [0.15, 0.2) is 5.16 Å². The average Bonchev–Trinajstić information content (AvgIpc) is 3.28. The van der Waals surface area contributed by atoms with Crippen LogP contribution in [0.3, 0.4) is 0 Å². The Bertz CT molecular complexity index is 876. The van der Waals surface area contributed by atoms with Crippen LogP contribution in [0.2, 0.25) is 0 Å². The second-order valence-corrected chi connectivity index (χ2v) is 7.89. The molecule has 0 radical (unpaired) electrons.